The smallest absolute Gasteiger partial charge is 0.291 e. The van der Waals surface area contributed by atoms with Crippen LogP contribution in [0.4, 0.5) is 5.69 Å². The number of furan rings is 1. The van der Waals surface area contributed by atoms with E-state index in [4.69, 9.17) is 9.15 Å². The fraction of sp³-hybridized carbons (Fsp3) is 0.259. The van der Waals surface area contributed by atoms with E-state index in [0.717, 1.165) is 18.4 Å². The summed E-state index contributed by atoms with van der Waals surface area (Å²) in [5.74, 6) is -0.0855. The van der Waals surface area contributed by atoms with Crippen LogP contribution in [0.15, 0.2) is 70.1 Å². The second-order valence-corrected chi connectivity index (χ2v) is 8.81. The topological polar surface area (TPSA) is 118 Å². The summed E-state index contributed by atoms with van der Waals surface area (Å²) < 4.78 is 11.0. The summed E-state index contributed by atoms with van der Waals surface area (Å²) >= 11 is 0. The van der Waals surface area contributed by atoms with Crippen LogP contribution in [0.25, 0.3) is 10.9 Å². The highest BCUT2D eigenvalue weighted by molar-refractivity contribution is 6.04. The molecule has 0 unspecified atom stereocenters. The van der Waals surface area contributed by atoms with Gasteiger partial charge in [-0.3, -0.25) is 14.4 Å². The van der Waals surface area contributed by atoms with Gasteiger partial charge >= 0.3 is 0 Å². The number of H-pyrrole nitrogens is 1. The van der Waals surface area contributed by atoms with E-state index in [-0.39, 0.29) is 29.9 Å². The maximum Gasteiger partial charge on any atom is 0.291 e. The van der Waals surface area contributed by atoms with E-state index in [2.05, 4.69) is 15.3 Å². The largest absolute Gasteiger partial charge is 0.459 e. The Morgan fingerprint density at radius 3 is 2.81 bits per heavy atom. The van der Waals surface area contributed by atoms with Crippen molar-refractivity contribution in [1.82, 2.24) is 14.9 Å². The van der Waals surface area contributed by atoms with E-state index in [9.17, 15) is 14.4 Å². The van der Waals surface area contributed by atoms with Crippen molar-refractivity contribution in [3.05, 3.63) is 93.9 Å². The molecule has 2 aromatic heterocycles. The van der Waals surface area contributed by atoms with Gasteiger partial charge in [0.2, 0.25) is 0 Å². The number of para-hydroxylation sites is 1. The lowest BCUT2D eigenvalue weighted by atomic mass is 10.1. The van der Waals surface area contributed by atoms with E-state index in [1.165, 1.54) is 6.26 Å². The zero-order chi connectivity index (χ0) is 25.1. The zero-order valence-corrected chi connectivity index (χ0v) is 19.8. The fourth-order valence-electron chi connectivity index (χ4n) is 4.31. The molecule has 0 spiro atoms. The summed E-state index contributed by atoms with van der Waals surface area (Å²) in [6, 6.07) is 15.4. The molecular formula is C27H26N4O5. The molecule has 36 heavy (non-hydrogen) atoms. The number of hydrogen-bond acceptors (Lipinski definition) is 6. The Bertz CT molecular complexity index is 1450. The molecule has 0 bridgehead atoms. The van der Waals surface area contributed by atoms with Gasteiger partial charge in [-0.25, -0.2) is 4.98 Å². The van der Waals surface area contributed by atoms with Crippen LogP contribution in [-0.2, 0) is 11.3 Å². The van der Waals surface area contributed by atoms with Crippen molar-refractivity contribution in [3.63, 3.8) is 0 Å². The molecule has 3 heterocycles. The Hall–Kier alpha value is -4.24. The first kappa shape index (κ1) is 23.5. The third-order valence-corrected chi connectivity index (χ3v) is 6.22. The normalized spacial score (nSPS) is 15.2. The number of aromatic amines is 1. The lowest BCUT2D eigenvalue weighted by molar-refractivity contribution is 0.0501. The fourth-order valence-corrected chi connectivity index (χ4v) is 4.31. The number of benzene rings is 2. The summed E-state index contributed by atoms with van der Waals surface area (Å²) in [5, 5.41) is 3.30. The van der Waals surface area contributed by atoms with Crippen LogP contribution in [0.3, 0.4) is 0 Å². The summed E-state index contributed by atoms with van der Waals surface area (Å²) in [4.78, 5) is 47.8. The van der Waals surface area contributed by atoms with Crippen LogP contribution in [-0.4, -0.2) is 45.9 Å². The molecule has 0 radical (unpaired) electrons. The van der Waals surface area contributed by atoms with E-state index in [0.29, 0.717) is 41.1 Å². The highest BCUT2D eigenvalue weighted by Crippen LogP contribution is 2.22. The quantitative estimate of drug-likeness (QED) is 0.409. The lowest BCUT2D eigenvalue weighted by Gasteiger charge is -2.25. The molecule has 4 aromatic rings. The number of hydrogen-bond donors (Lipinski definition) is 2. The van der Waals surface area contributed by atoms with Gasteiger partial charge in [0.05, 0.1) is 29.8 Å². The molecule has 0 saturated carbocycles. The van der Waals surface area contributed by atoms with Crippen molar-refractivity contribution in [1.29, 1.82) is 0 Å². The summed E-state index contributed by atoms with van der Waals surface area (Å²) in [7, 11) is 0. The molecule has 9 heteroatoms. The Balaban J connectivity index is 1.43. The van der Waals surface area contributed by atoms with Gasteiger partial charge in [0.15, 0.2) is 5.76 Å². The molecule has 1 aliphatic heterocycles. The van der Waals surface area contributed by atoms with Crippen LogP contribution >= 0.6 is 0 Å². The van der Waals surface area contributed by atoms with Crippen molar-refractivity contribution < 1.29 is 18.7 Å². The first-order chi connectivity index (χ1) is 17.5. The number of fused-ring (bicyclic) bond motifs is 1. The standard InChI is InChI=1S/C27H26N4O5/c1-17-10-11-18(14-22(17)29-26(33)23-9-5-13-36-23)27(34)31(15-19-6-4-12-35-19)16-24-28-21-8-3-2-7-20(21)25(32)30-24/h2-3,5,7-11,13-14,19H,4,6,12,15-16H2,1H3,(H,29,33)(H,28,30,32)/t19-/m1/s1. The SMILES string of the molecule is Cc1ccc(C(=O)N(Cc2nc3ccccc3c(=O)[nH]2)C[C@H]2CCCO2)cc1NC(=O)c1ccco1. The van der Waals surface area contributed by atoms with Gasteiger partial charge in [0.25, 0.3) is 17.4 Å². The summed E-state index contributed by atoms with van der Waals surface area (Å²) in [6.07, 6.45) is 3.12. The minimum atomic E-state index is -0.401. The number of nitrogens with one attached hydrogen (secondary N) is 2. The predicted octanol–water partition coefficient (Wildman–Crippen LogP) is 3.90. The maximum absolute atomic E-state index is 13.7. The van der Waals surface area contributed by atoms with Crippen molar-refractivity contribution in [3.8, 4) is 0 Å². The number of ether oxygens (including phenoxy) is 1. The number of carbonyl (C=O) groups is 2. The maximum atomic E-state index is 13.7. The second kappa shape index (κ2) is 10.2. The van der Waals surface area contributed by atoms with Gasteiger partial charge in [-0.2, -0.15) is 0 Å². The van der Waals surface area contributed by atoms with E-state index in [1.54, 1.807) is 53.4 Å². The Kier molecular flexibility index (Phi) is 6.64. The van der Waals surface area contributed by atoms with Gasteiger partial charge in [0, 0.05) is 24.4 Å². The number of amides is 2. The van der Waals surface area contributed by atoms with Gasteiger partial charge < -0.3 is 24.4 Å². The minimum absolute atomic E-state index is 0.0929. The first-order valence-electron chi connectivity index (χ1n) is 11.8. The van der Waals surface area contributed by atoms with Crippen molar-refractivity contribution in [2.45, 2.75) is 32.4 Å². The molecule has 184 valence electrons. The molecule has 5 rings (SSSR count). The number of aromatic nitrogens is 2. The number of anilines is 1. The van der Waals surface area contributed by atoms with E-state index >= 15 is 0 Å². The van der Waals surface area contributed by atoms with Crippen LogP contribution in [0.5, 0.6) is 0 Å². The number of nitrogens with zero attached hydrogens (tertiary/aromatic N) is 2. The third-order valence-electron chi connectivity index (χ3n) is 6.22. The number of carbonyl (C=O) groups excluding carboxylic acids is 2. The molecule has 2 N–H and O–H groups in total. The van der Waals surface area contributed by atoms with E-state index < -0.39 is 5.91 Å². The van der Waals surface area contributed by atoms with Gasteiger partial charge in [0.1, 0.15) is 5.82 Å². The Morgan fingerprint density at radius 2 is 2.03 bits per heavy atom. The van der Waals surface area contributed by atoms with E-state index in [1.807, 2.05) is 13.0 Å². The highest BCUT2D eigenvalue weighted by Gasteiger charge is 2.25. The summed E-state index contributed by atoms with van der Waals surface area (Å²) in [5.41, 5.74) is 2.03. The molecular weight excluding hydrogens is 460 g/mol. The molecule has 2 amide bonds. The molecule has 1 fully saturated rings. The average molecular weight is 487 g/mol. The van der Waals surface area contributed by atoms with Crippen molar-refractivity contribution in [2.24, 2.45) is 0 Å². The van der Waals surface area contributed by atoms with Crippen LogP contribution in [0.1, 0.15) is 45.1 Å². The van der Waals surface area contributed by atoms with Crippen molar-refractivity contribution >= 4 is 28.4 Å². The van der Waals surface area contributed by atoms with Crippen LogP contribution in [0.2, 0.25) is 0 Å². The lowest BCUT2D eigenvalue weighted by Crippen LogP contribution is -2.38. The van der Waals surface area contributed by atoms with Crippen molar-refractivity contribution in [2.75, 3.05) is 18.5 Å². The van der Waals surface area contributed by atoms with Gasteiger partial charge in [-0.1, -0.05) is 18.2 Å². The molecule has 1 atom stereocenters. The second-order valence-electron chi connectivity index (χ2n) is 8.81. The average Bonchev–Trinajstić information content (AvgIpc) is 3.59. The third kappa shape index (κ3) is 5.06. The Labute approximate surface area is 207 Å². The molecule has 9 nitrogen and oxygen atoms in total. The molecule has 1 aliphatic rings. The monoisotopic (exact) mass is 486 g/mol. The molecule has 0 aliphatic carbocycles. The molecule has 1 saturated heterocycles. The van der Waals surface area contributed by atoms with Crippen LogP contribution in [0, 0.1) is 6.92 Å². The van der Waals surface area contributed by atoms with Gasteiger partial charge in [-0.05, 0) is 61.7 Å². The highest BCUT2D eigenvalue weighted by atomic mass is 16.5. The minimum Gasteiger partial charge on any atom is -0.459 e. The number of aryl methyl sites for hydroxylation is 1. The first-order valence-corrected chi connectivity index (χ1v) is 11.8. The van der Waals surface area contributed by atoms with Crippen LogP contribution < -0.4 is 10.9 Å². The predicted molar refractivity (Wildman–Crippen MR) is 134 cm³/mol. The van der Waals surface area contributed by atoms with Gasteiger partial charge in [-0.15, -0.1) is 0 Å². The number of rotatable bonds is 7. The summed E-state index contributed by atoms with van der Waals surface area (Å²) in [6.45, 7) is 2.98. The Morgan fingerprint density at radius 1 is 1.17 bits per heavy atom. The zero-order valence-electron chi connectivity index (χ0n) is 19.8. The molecule has 2 aromatic carbocycles.